The predicted molar refractivity (Wildman–Crippen MR) is 250 cm³/mol. The fourth-order valence-electron chi connectivity index (χ4n) is 8.66. The Morgan fingerprint density at radius 2 is 0.917 bits per heavy atom. The maximum Gasteiger partial charge on any atom is 0.147 e. The van der Waals surface area contributed by atoms with Gasteiger partial charge in [0.25, 0.3) is 0 Å². The van der Waals surface area contributed by atoms with Crippen molar-refractivity contribution in [1.29, 1.82) is 0 Å². The van der Waals surface area contributed by atoms with E-state index in [1.165, 1.54) is 25.8 Å². The van der Waals surface area contributed by atoms with Gasteiger partial charge in [-0.25, -0.2) is 4.98 Å². The summed E-state index contributed by atoms with van der Waals surface area (Å²) >= 11 is 3.57. The number of anilines is 6. The van der Waals surface area contributed by atoms with Gasteiger partial charge in [-0.15, -0.1) is 0 Å². The van der Waals surface area contributed by atoms with Crippen molar-refractivity contribution in [2.24, 2.45) is 0 Å². The number of para-hydroxylation sites is 3. The van der Waals surface area contributed by atoms with E-state index in [0.29, 0.717) is 0 Å². The molecule has 2 aliphatic heterocycles. The molecule has 5 nitrogen and oxygen atoms in total. The molecule has 2 aromatic heterocycles. The van der Waals surface area contributed by atoms with Gasteiger partial charge in [0.2, 0.25) is 0 Å². The molecular formula is C53H47N5S2. The monoisotopic (exact) mass is 817 g/mol. The van der Waals surface area contributed by atoms with Crippen LogP contribution >= 0.6 is 23.5 Å². The third kappa shape index (κ3) is 6.43. The summed E-state index contributed by atoms with van der Waals surface area (Å²) in [5, 5.41) is 7.94. The van der Waals surface area contributed by atoms with Crippen LogP contribution in [0.5, 0.6) is 0 Å². The lowest BCUT2D eigenvalue weighted by Gasteiger charge is -2.40. The molecule has 0 radical (unpaired) electrons. The number of H-pyrrole nitrogens is 1. The Hall–Kier alpha value is -6.02. The van der Waals surface area contributed by atoms with Gasteiger partial charge in [0.1, 0.15) is 11.6 Å². The molecule has 0 saturated heterocycles. The largest absolute Gasteiger partial charge is 0.293 e. The predicted octanol–water partition coefficient (Wildman–Crippen LogP) is 14.7. The van der Waals surface area contributed by atoms with Gasteiger partial charge in [-0.1, -0.05) is 168 Å². The number of nitrogens with one attached hydrogen (secondary N) is 1. The minimum absolute atomic E-state index is 0.185. The number of hydrogen-bond donors (Lipinski definition) is 1. The lowest BCUT2D eigenvalue weighted by Crippen LogP contribution is -2.34. The van der Waals surface area contributed by atoms with E-state index in [-0.39, 0.29) is 10.8 Å². The van der Waals surface area contributed by atoms with E-state index >= 15 is 0 Å². The van der Waals surface area contributed by atoms with Gasteiger partial charge < -0.3 is 0 Å². The number of fused-ring (bicyclic) bond motifs is 4. The summed E-state index contributed by atoms with van der Waals surface area (Å²) in [7, 11) is 0. The second-order valence-corrected chi connectivity index (χ2v) is 19.9. The molecule has 60 heavy (non-hydrogen) atoms. The smallest absolute Gasteiger partial charge is 0.147 e. The van der Waals surface area contributed by atoms with Gasteiger partial charge in [-0.3, -0.25) is 14.9 Å². The summed E-state index contributed by atoms with van der Waals surface area (Å²) in [5.74, 6) is 1.86. The van der Waals surface area contributed by atoms with Crippen molar-refractivity contribution in [3.63, 3.8) is 0 Å². The van der Waals surface area contributed by atoms with Gasteiger partial charge in [0.05, 0.1) is 39.3 Å². The molecule has 2 aliphatic rings. The van der Waals surface area contributed by atoms with Crippen LogP contribution in [0.2, 0.25) is 0 Å². The van der Waals surface area contributed by atoms with E-state index in [4.69, 9.17) is 4.98 Å². The molecule has 0 aliphatic carbocycles. The maximum absolute atomic E-state index is 5.95. The summed E-state index contributed by atoms with van der Waals surface area (Å²) in [5.41, 5.74) is 10.0. The highest BCUT2D eigenvalue weighted by Crippen LogP contribution is 2.55. The second kappa shape index (κ2) is 14.6. The van der Waals surface area contributed by atoms with Gasteiger partial charge in [-0.05, 0) is 99.3 Å². The van der Waals surface area contributed by atoms with Crippen LogP contribution in [0.25, 0.3) is 0 Å². The zero-order valence-electron chi connectivity index (χ0n) is 34.8. The Morgan fingerprint density at radius 1 is 0.450 bits per heavy atom. The summed E-state index contributed by atoms with van der Waals surface area (Å²) in [4.78, 5) is 15.4. The van der Waals surface area contributed by atoms with E-state index < -0.39 is 5.41 Å². The molecule has 8 aromatic rings. The van der Waals surface area contributed by atoms with E-state index in [2.05, 4.69) is 225 Å². The molecule has 7 heteroatoms. The number of nitrogens with zero attached hydrogens (tertiary/aromatic N) is 4. The zero-order chi connectivity index (χ0) is 41.2. The molecule has 0 bridgehead atoms. The zero-order valence-corrected chi connectivity index (χ0v) is 36.4. The summed E-state index contributed by atoms with van der Waals surface area (Å²) < 4.78 is 0. The first-order valence-electron chi connectivity index (χ1n) is 20.6. The van der Waals surface area contributed by atoms with Crippen LogP contribution in [0.1, 0.15) is 75.1 Å². The van der Waals surface area contributed by atoms with Crippen molar-refractivity contribution < 1.29 is 0 Å². The van der Waals surface area contributed by atoms with Crippen LogP contribution in [-0.2, 0) is 16.2 Å². The number of benzene rings is 6. The van der Waals surface area contributed by atoms with Gasteiger partial charge >= 0.3 is 0 Å². The van der Waals surface area contributed by atoms with Gasteiger partial charge in [-0.2, -0.15) is 5.10 Å². The van der Waals surface area contributed by atoms with Crippen molar-refractivity contribution >= 4 is 57.9 Å². The summed E-state index contributed by atoms with van der Waals surface area (Å²) in [6, 6.07) is 60.0. The van der Waals surface area contributed by atoms with Gasteiger partial charge in [0, 0.05) is 20.4 Å². The van der Waals surface area contributed by atoms with Crippen LogP contribution in [0.15, 0.2) is 190 Å². The van der Waals surface area contributed by atoms with Gasteiger partial charge in [0.15, 0.2) is 0 Å². The first-order chi connectivity index (χ1) is 29.0. The highest BCUT2D eigenvalue weighted by atomic mass is 32.2. The van der Waals surface area contributed by atoms with E-state index in [1.54, 1.807) is 11.8 Å². The lowest BCUT2D eigenvalue weighted by molar-refractivity contribution is 0.581. The molecular weight excluding hydrogens is 771 g/mol. The normalized spacial score (nSPS) is 13.6. The second-order valence-electron chi connectivity index (χ2n) is 17.7. The fraction of sp³-hybridized carbons (Fsp3) is 0.170. The molecule has 296 valence electrons. The molecule has 0 atom stereocenters. The summed E-state index contributed by atoms with van der Waals surface area (Å²) in [6.45, 7) is 13.9. The summed E-state index contributed by atoms with van der Waals surface area (Å²) in [6.07, 6.45) is 1.94. The molecule has 0 spiro atoms. The SMILES string of the molecule is CC(C)(C)c1cc(N2c3ccccc3Sc3cn[nH]c32)cc(C(c2ccccc2)(c2ccccc2)c2cc(C(C)(C)C)cc(N3c4ccccc4Sc4ccccc43)n2)c1. The topological polar surface area (TPSA) is 48.1 Å². The van der Waals surface area contributed by atoms with Crippen LogP contribution in [0.3, 0.4) is 0 Å². The fourth-order valence-corrected chi connectivity index (χ4v) is 10.7. The quantitative estimate of drug-likeness (QED) is 0.169. The van der Waals surface area contributed by atoms with E-state index in [9.17, 15) is 0 Å². The minimum Gasteiger partial charge on any atom is -0.293 e. The van der Waals surface area contributed by atoms with Crippen molar-refractivity contribution in [1.82, 2.24) is 15.2 Å². The number of aromatic nitrogens is 3. The molecule has 6 aromatic carbocycles. The molecule has 10 rings (SSSR count). The maximum atomic E-state index is 5.95. The van der Waals surface area contributed by atoms with E-state index in [0.717, 1.165) is 61.7 Å². The number of hydrogen-bond acceptors (Lipinski definition) is 6. The Kier molecular flexibility index (Phi) is 9.30. The average Bonchev–Trinajstić information content (AvgIpc) is 3.73. The standard InChI is InChI=1S/C53H47N5S2/c1-51(2,3)37-29-39(31-40(30-37)57-41-23-13-16-26-44(41)60-47-34-54-56-50(47)57)53(35-19-9-7-10-20-35,36-21-11-8-12-22-36)48-32-38(52(4,5)6)33-49(55-48)58-42-24-14-17-27-45(42)59-46-28-18-15-25-43(46)58/h7-34H,1-6H3,(H,54,56). The Labute approximate surface area is 361 Å². The van der Waals surface area contributed by atoms with E-state index in [1.807, 2.05) is 18.0 Å². The lowest BCUT2D eigenvalue weighted by atomic mass is 9.65. The van der Waals surface area contributed by atoms with Crippen LogP contribution < -0.4 is 9.80 Å². The molecule has 0 unspecified atom stereocenters. The Bertz CT molecular complexity index is 2790. The molecule has 0 saturated carbocycles. The minimum atomic E-state index is -0.848. The molecule has 1 N–H and O–H groups in total. The first kappa shape index (κ1) is 38.2. The third-order valence-electron chi connectivity index (χ3n) is 11.7. The average molecular weight is 818 g/mol. The number of rotatable bonds is 6. The number of pyridine rings is 1. The van der Waals surface area contributed by atoms with Crippen LogP contribution in [-0.4, -0.2) is 15.2 Å². The third-order valence-corrected chi connectivity index (χ3v) is 14.0. The first-order valence-corrected chi connectivity index (χ1v) is 22.2. The molecule has 0 fully saturated rings. The molecule has 4 heterocycles. The van der Waals surface area contributed by atoms with Crippen molar-refractivity contribution in [2.75, 3.05) is 9.80 Å². The van der Waals surface area contributed by atoms with Crippen molar-refractivity contribution in [3.8, 4) is 0 Å². The molecule has 0 amide bonds. The highest BCUT2D eigenvalue weighted by Gasteiger charge is 2.43. The van der Waals surface area contributed by atoms with Crippen LogP contribution in [0, 0.1) is 0 Å². The van der Waals surface area contributed by atoms with Crippen molar-refractivity contribution in [2.45, 2.75) is 77.4 Å². The van der Waals surface area contributed by atoms with Crippen molar-refractivity contribution in [3.05, 3.63) is 203 Å². The highest BCUT2D eigenvalue weighted by molar-refractivity contribution is 8.00. The van der Waals surface area contributed by atoms with Crippen LogP contribution in [0.4, 0.5) is 34.4 Å². The Morgan fingerprint density at radius 3 is 1.47 bits per heavy atom. The number of aromatic amines is 1. The Balaban J connectivity index is 1.33.